The Kier molecular flexibility index (Phi) is 7.19. The molecule has 2 N–H and O–H groups in total. The van der Waals surface area contributed by atoms with E-state index in [9.17, 15) is 9.59 Å². The maximum Gasteiger partial charge on any atom is 0.329 e. The van der Waals surface area contributed by atoms with Crippen LogP contribution in [-0.4, -0.2) is 18.0 Å². The molecule has 30 heavy (non-hydrogen) atoms. The highest BCUT2D eigenvalue weighted by Gasteiger charge is 2.13. The van der Waals surface area contributed by atoms with Crippen molar-refractivity contribution in [3.05, 3.63) is 94.5 Å². The average molecular weight is 422 g/mol. The molecule has 0 aliphatic heterocycles. The number of hydrogen-bond donors (Lipinski definition) is 2. The minimum atomic E-state index is -0.898. The fourth-order valence-corrected chi connectivity index (χ4v) is 2.70. The molecule has 0 spiro atoms. The number of benzene rings is 3. The first-order valence-corrected chi connectivity index (χ1v) is 9.57. The summed E-state index contributed by atoms with van der Waals surface area (Å²) in [6, 6.07) is 22.0. The molecule has 0 saturated carbocycles. The number of carbonyl (C=O) groups is 2. The molecular weight excluding hydrogens is 402 g/mol. The van der Waals surface area contributed by atoms with Crippen molar-refractivity contribution in [2.75, 3.05) is 5.32 Å². The molecule has 2 amide bonds. The van der Waals surface area contributed by atoms with Crippen LogP contribution in [-0.2, 0) is 16.2 Å². The number of ether oxygens (including phenoxy) is 1. The molecule has 3 aromatic rings. The normalized spacial score (nSPS) is 10.6. The summed E-state index contributed by atoms with van der Waals surface area (Å²) in [5.41, 5.74) is 5.20. The summed E-state index contributed by atoms with van der Waals surface area (Å²) < 4.78 is 5.83. The Balaban J connectivity index is 1.57. The van der Waals surface area contributed by atoms with Gasteiger partial charge in [-0.1, -0.05) is 60.1 Å². The molecule has 0 heterocycles. The molecule has 7 heteroatoms. The fourth-order valence-electron chi connectivity index (χ4n) is 2.52. The summed E-state index contributed by atoms with van der Waals surface area (Å²) in [6.45, 7) is 2.25. The molecule has 0 atom stereocenters. The molecule has 0 unspecified atom stereocenters. The van der Waals surface area contributed by atoms with E-state index < -0.39 is 11.8 Å². The minimum absolute atomic E-state index is 0.402. The fraction of sp³-hybridized carbons (Fsp3) is 0.0870. The van der Waals surface area contributed by atoms with E-state index in [1.165, 1.54) is 6.21 Å². The Hall–Kier alpha value is -3.64. The third-order valence-corrected chi connectivity index (χ3v) is 4.57. The SMILES string of the molecule is Cc1ccc(NC(=O)C(=O)NN=Cc2ccccc2OCc2ccccc2)cc1Cl. The lowest BCUT2D eigenvalue weighted by atomic mass is 10.2. The molecule has 0 saturated heterocycles. The maximum atomic E-state index is 12.0. The number of rotatable bonds is 6. The third kappa shape index (κ3) is 5.93. The van der Waals surface area contributed by atoms with Crippen LogP contribution < -0.4 is 15.5 Å². The number of carbonyl (C=O) groups excluding carboxylic acids is 2. The molecule has 3 aromatic carbocycles. The van der Waals surface area contributed by atoms with Gasteiger partial charge >= 0.3 is 11.8 Å². The standard InChI is InChI=1S/C23H20ClN3O3/c1-16-11-12-19(13-20(16)24)26-22(28)23(29)27-25-14-18-9-5-6-10-21(18)30-15-17-7-3-2-4-8-17/h2-14H,15H2,1H3,(H,26,28)(H,27,29). The molecule has 0 aliphatic carbocycles. The summed E-state index contributed by atoms with van der Waals surface area (Å²) in [6.07, 6.45) is 1.42. The number of hydrazone groups is 1. The quantitative estimate of drug-likeness (QED) is 0.353. The second kappa shape index (κ2) is 10.2. The van der Waals surface area contributed by atoms with E-state index in [-0.39, 0.29) is 0 Å². The first kappa shape index (κ1) is 21.1. The molecule has 0 aromatic heterocycles. The summed E-state index contributed by atoms with van der Waals surface area (Å²) in [4.78, 5) is 24.0. The molecule has 152 valence electrons. The van der Waals surface area contributed by atoms with Gasteiger partial charge in [0.05, 0.1) is 6.21 Å². The molecule has 0 aliphatic rings. The second-order valence-electron chi connectivity index (χ2n) is 6.43. The minimum Gasteiger partial charge on any atom is -0.488 e. The maximum absolute atomic E-state index is 12.0. The number of anilines is 1. The lowest BCUT2D eigenvalue weighted by Crippen LogP contribution is -2.32. The predicted molar refractivity (Wildman–Crippen MR) is 118 cm³/mol. The smallest absolute Gasteiger partial charge is 0.329 e. The summed E-state index contributed by atoms with van der Waals surface area (Å²) in [5.74, 6) is -1.13. The number of amides is 2. The van der Waals surface area contributed by atoms with E-state index in [0.717, 1.165) is 11.1 Å². The van der Waals surface area contributed by atoms with Crippen LogP contribution in [0, 0.1) is 6.92 Å². The van der Waals surface area contributed by atoms with Crippen molar-refractivity contribution >= 4 is 35.3 Å². The van der Waals surface area contributed by atoms with Crippen LogP contribution in [0.5, 0.6) is 5.75 Å². The average Bonchev–Trinajstić information content (AvgIpc) is 2.76. The van der Waals surface area contributed by atoms with E-state index in [0.29, 0.717) is 28.6 Å². The molecule has 0 fully saturated rings. The largest absolute Gasteiger partial charge is 0.488 e. The van der Waals surface area contributed by atoms with Crippen LogP contribution in [0.2, 0.25) is 5.02 Å². The number of nitrogens with zero attached hydrogens (tertiary/aromatic N) is 1. The Morgan fingerprint density at radius 2 is 1.73 bits per heavy atom. The zero-order valence-electron chi connectivity index (χ0n) is 16.3. The van der Waals surface area contributed by atoms with Crippen molar-refractivity contribution in [3.8, 4) is 5.75 Å². The molecule has 3 rings (SSSR count). The van der Waals surface area contributed by atoms with Crippen molar-refractivity contribution < 1.29 is 14.3 Å². The summed E-state index contributed by atoms with van der Waals surface area (Å²) in [7, 11) is 0. The van der Waals surface area contributed by atoms with E-state index in [4.69, 9.17) is 16.3 Å². The zero-order chi connectivity index (χ0) is 21.3. The monoisotopic (exact) mass is 421 g/mol. The summed E-state index contributed by atoms with van der Waals surface area (Å²) >= 11 is 6.02. The van der Waals surface area contributed by atoms with Gasteiger partial charge < -0.3 is 10.1 Å². The lowest BCUT2D eigenvalue weighted by molar-refractivity contribution is -0.136. The first-order chi connectivity index (χ1) is 14.5. The highest BCUT2D eigenvalue weighted by molar-refractivity contribution is 6.39. The Morgan fingerprint density at radius 3 is 2.50 bits per heavy atom. The third-order valence-electron chi connectivity index (χ3n) is 4.16. The highest BCUT2D eigenvalue weighted by atomic mass is 35.5. The Bertz CT molecular complexity index is 1070. The number of aryl methyl sites for hydroxylation is 1. The van der Waals surface area contributed by atoms with Gasteiger partial charge in [-0.25, -0.2) is 5.43 Å². The van der Waals surface area contributed by atoms with E-state index in [2.05, 4.69) is 15.8 Å². The van der Waals surface area contributed by atoms with Crippen molar-refractivity contribution in [1.82, 2.24) is 5.43 Å². The molecule has 0 bridgehead atoms. The predicted octanol–water partition coefficient (Wildman–Crippen LogP) is 4.32. The van der Waals surface area contributed by atoms with Crippen molar-refractivity contribution in [2.24, 2.45) is 5.10 Å². The van der Waals surface area contributed by atoms with Gasteiger partial charge in [0, 0.05) is 16.3 Å². The van der Waals surface area contributed by atoms with Gasteiger partial charge in [-0.05, 0) is 42.3 Å². The molecular formula is C23H20ClN3O3. The first-order valence-electron chi connectivity index (χ1n) is 9.19. The van der Waals surface area contributed by atoms with Gasteiger partial charge in [0.1, 0.15) is 12.4 Å². The Labute approximate surface area is 179 Å². The molecule has 0 radical (unpaired) electrons. The molecule has 6 nitrogen and oxygen atoms in total. The second-order valence-corrected chi connectivity index (χ2v) is 6.84. The zero-order valence-corrected chi connectivity index (χ0v) is 17.0. The van der Waals surface area contributed by atoms with Gasteiger partial charge in [0.25, 0.3) is 0 Å². The van der Waals surface area contributed by atoms with Gasteiger partial charge in [-0.15, -0.1) is 0 Å². The van der Waals surface area contributed by atoms with Crippen LogP contribution in [0.25, 0.3) is 0 Å². The van der Waals surface area contributed by atoms with Crippen LogP contribution in [0.15, 0.2) is 77.9 Å². The van der Waals surface area contributed by atoms with E-state index >= 15 is 0 Å². The van der Waals surface area contributed by atoms with Crippen LogP contribution in [0.1, 0.15) is 16.7 Å². The van der Waals surface area contributed by atoms with Crippen molar-refractivity contribution in [3.63, 3.8) is 0 Å². The van der Waals surface area contributed by atoms with Gasteiger partial charge in [-0.2, -0.15) is 5.10 Å². The summed E-state index contributed by atoms with van der Waals surface area (Å²) in [5, 5.41) is 6.83. The van der Waals surface area contributed by atoms with Crippen molar-refractivity contribution in [2.45, 2.75) is 13.5 Å². The Morgan fingerprint density at radius 1 is 1.00 bits per heavy atom. The van der Waals surface area contributed by atoms with Crippen molar-refractivity contribution in [1.29, 1.82) is 0 Å². The van der Waals surface area contributed by atoms with E-state index in [1.54, 1.807) is 30.3 Å². The van der Waals surface area contributed by atoms with E-state index in [1.807, 2.05) is 49.4 Å². The van der Waals surface area contributed by atoms with Crippen LogP contribution >= 0.6 is 11.6 Å². The van der Waals surface area contributed by atoms with Gasteiger partial charge in [0.15, 0.2) is 0 Å². The van der Waals surface area contributed by atoms with Gasteiger partial charge in [-0.3, -0.25) is 9.59 Å². The highest BCUT2D eigenvalue weighted by Crippen LogP contribution is 2.20. The lowest BCUT2D eigenvalue weighted by Gasteiger charge is -2.09. The van der Waals surface area contributed by atoms with Crippen LogP contribution in [0.3, 0.4) is 0 Å². The number of hydrogen-bond acceptors (Lipinski definition) is 4. The topological polar surface area (TPSA) is 79.8 Å². The van der Waals surface area contributed by atoms with Crippen LogP contribution in [0.4, 0.5) is 5.69 Å². The number of halogens is 1. The van der Waals surface area contributed by atoms with Gasteiger partial charge in [0.2, 0.25) is 0 Å². The number of para-hydroxylation sites is 1. The number of nitrogens with one attached hydrogen (secondary N) is 2.